The Bertz CT molecular complexity index is 672. The van der Waals surface area contributed by atoms with E-state index in [1.807, 2.05) is 0 Å². The van der Waals surface area contributed by atoms with E-state index in [0.717, 1.165) is 12.1 Å². The van der Waals surface area contributed by atoms with Crippen LogP contribution in [0.5, 0.6) is 0 Å². The van der Waals surface area contributed by atoms with Crippen LogP contribution < -0.4 is 0 Å². The zero-order valence-electron chi connectivity index (χ0n) is 15.6. The van der Waals surface area contributed by atoms with Crippen molar-refractivity contribution in [1.29, 1.82) is 0 Å². The van der Waals surface area contributed by atoms with Crippen molar-refractivity contribution in [2.45, 2.75) is 45.6 Å². The Morgan fingerprint density at radius 1 is 1.23 bits per heavy atom. The molecule has 144 valence electrons. The summed E-state index contributed by atoms with van der Waals surface area (Å²) in [6.07, 6.45) is -0.130. The SMILES string of the molecule is CCOC(=O)[C@@H]1CCN(C(=O)OC(C)(C)C)C[C@@H]1c1ccc(F)c(F)c1. The molecule has 0 bridgehead atoms. The predicted molar refractivity (Wildman–Crippen MR) is 91.6 cm³/mol. The summed E-state index contributed by atoms with van der Waals surface area (Å²) < 4.78 is 37.5. The predicted octanol–water partition coefficient (Wildman–Crippen LogP) is 3.87. The van der Waals surface area contributed by atoms with Gasteiger partial charge in [0.2, 0.25) is 0 Å². The van der Waals surface area contributed by atoms with E-state index in [0.29, 0.717) is 18.5 Å². The number of benzene rings is 1. The first-order valence-corrected chi connectivity index (χ1v) is 8.72. The van der Waals surface area contributed by atoms with Crippen LogP contribution in [0.1, 0.15) is 45.6 Å². The summed E-state index contributed by atoms with van der Waals surface area (Å²) in [7, 11) is 0. The van der Waals surface area contributed by atoms with Gasteiger partial charge in [-0.05, 0) is 51.8 Å². The number of ether oxygens (including phenoxy) is 2. The lowest BCUT2D eigenvalue weighted by atomic mass is 9.80. The maximum absolute atomic E-state index is 13.7. The molecule has 0 aromatic heterocycles. The van der Waals surface area contributed by atoms with Gasteiger partial charge in [0.05, 0.1) is 12.5 Å². The fraction of sp³-hybridized carbons (Fsp3) is 0.579. The third-order valence-corrected chi connectivity index (χ3v) is 4.23. The lowest BCUT2D eigenvalue weighted by Crippen LogP contribution is -2.47. The summed E-state index contributed by atoms with van der Waals surface area (Å²) in [5, 5.41) is 0. The number of likely N-dealkylation sites (tertiary alicyclic amines) is 1. The van der Waals surface area contributed by atoms with E-state index < -0.39 is 41.1 Å². The number of carbonyl (C=O) groups is 2. The number of amides is 1. The summed E-state index contributed by atoms with van der Waals surface area (Å²) in [5.74, 6) is -3.37. The van der Waals surface area contributed by atoms with Gasteiger partial charge in [-0.1, -0.05) is 6.07 Å². The summed E-state index contributed by atoms with van der Waals surface area (Å²) in [5.41, 5.74) is -0.192. The molecule has 26 heavy (non-hydrogen) atoms. The van der Waals surface area contributed by atoms with Gasteiger partial charge in [0.1, 0.15) is 5.60 Å². The first kappa shape index (κ1) is 20.1. The zero-order chi connectivity index (χ0) is 19.5. The van der Waals surface area contributed by atoms with E-state index in [4.69, 9.17) is 9.47 Å². The standard InChI is InChI=1S/C19H25F2NO4/c1-5-25-17(23)13-8-9-22(18(24)26-19(2,3)4)11-14(13)12-6-7-15(20)16(21)10-12/h6-7,10,13-14H,5,8-9,11H2,1-4H3/t13-,14-/m1/s1. The molecule has 1 aliphatic heterocycles. The molecule has 5 nitrogen and oxygen atoms in total. The number of hydrogen-bond donors (Lipinski definition) is 0. The molecule has 1 saturated heterocycles. The molecule has 0 unspecified atom stereocenters. The fourth-order valence-corrected chi connectivity index (χ4v) is 3.06. The van der Waals surface area contributed by atoms with Crippen molar-refractivity contribution in [2.75, 3.05) is 19.7 Å². The number of rotatable bonds is 3. The molecule has 1 amide bonds. The third kappa shape index (κ3) is 4.93. The Morgan fingerprint density at radius 3 is 2.50 bits per heavy atom. The highest BCUT2D eigenvalue weighted by Gasteiger charge is 2.39. The van der Waals surface area contributed by atoms with E-state index in [1.165, 1.54) is 11.0 Å². The van der Waals surface area contributed by atoms with Crippen molar-refractivity contribution in [3.05, 3.63) is 35.4 Å². The summed E-state index contributed by atoms with van der Waals surface area (Å²) in [6.45, 7) is 7.74. The van der Waals surface area contributed by atoms with Gasteiger partial charge in [-0.25, -0.2) is 13.6 Å². The van der Waals surface area contributed by atoms with Crippen molar-refractivity contribution in [3.63, 3.8) is 0 Å². The van der Waals surface area contributed by atoms with E-state index in [1.54, 1.807) is 27.7 Å². The number of esters is 1. The van der Waals surface area contributed by atoms with Crippen molar-refractivity contribution in [2.24, 2.45) is 5.92 Å². The van der Waals surface area contributed by atoms with Gasteiger partial charge < -0.3 is 14.4 Å². The molecule has 0 saturated carbocycles. The quantitative estimate of drug-likeness (QED) is 0.759. The van der Waals surface area contributed by atoms with Crippen molar-refractivity contribution in [1.82, 2.24) is 4.90 Å². The minimum Gasteiger partial charge on any atom is -0.466 e. The Balaban J connectivity index is 2.27. The first-order chi connectivity index (χ1) is 12.1. The number of nitrogens with zero attached hydrogens (tertiary/aromatic N) is 1. The second kappa shape index (κ2) is 8.01. The van der Waals surface area contributed by atoms with Crippen LogP contribution in [-0.2, 0) is 14.3 Å². The molecule has 1 fully saturated rings. The van der Waals surface area contributed by atoms with Gasteiger partial charge in [-0.15, -0.1) is 0 Å². The Kier molecular flexibility index (Phi) is 6.21. The minimum atomic E-state index is -0.987. The van der Waals surface area contributed by atoms with Gasteiger partial charge in [0, 0.05) is 19.0 Å². The van der Waals surface area contributed by atoms with Crippen LogP contribution in [0.2, 0.25) is 0 Å². The molecule has 0 N–H and O–H groups in total. The van der Waals surface area contributed by atoms with Gasteiger partial charge in [-0.2, -0.15) is 0 Å². The van der Waals surface area contributed by atoms with E-state index in [9.17, 15) is 18.4 Å². The minimum absolute atomic E-state index is 0.170. The maximum atomic E-state index is 13.7. The van der Waals surface area contributed by atoms with Crippen LogP contribution in [0.15, 0.2) is 18.2 Å². The van der Waals surface area contributed by atoms with E-state index in [-0.39, 0.29) is 13.2 Å². The number of hydrogen-bond acceptors (Lipinski definition) is 4. The molecule has 0 aliphatic carbocycles. The van der Waals surface area contributed by atoms with Crippen molar-refractivity contribution < 1.29 is 27.8 Å². The van der Waals surface area contributed by atoms with Crippen LogP contribution in [0, 0.1) is 17.6 Å². The molecule has 0 spiro atoms. The van der Waals surface area contributed by atoms with Crippen LogP contribution >= 0.6 is 0 Å². The molecule has 0 radical (unpaired) electrons. The van der Waals surface area contributed by atoms with Crippen LogP contribution in [-0.4, -0.2) is 42.3 Å². The third-order valence-electron chi connectivity index (χ3n) is 4.23. The molecular formula is C19H25F2NO4. The summed E-state index contributed by atoms with van der Waals surface area (Å²) in [6, 6.07) is 3.54. The summed E-state index contributed by atoms with van der Waals surface area (Å²) >= 11 is 0. The Hall–Kier alpha value is -2.18. The normalized spacial score (nSPS) is 20.6. The topological polar surface area (TPSA) is 55.8 Å². The van der Waals surface area contributed by atoms with E-state index in [2.05, 4.69) is 0 Å². The zero-order valence-corrected chi connectivity index (χ0v) is 15.6. The fourth-order valence-electron chi connectivity index (χ4n) is 3.06. The Morgan fingerprint density at radius 2 is 1.92 bits per heavy atom. The molecule has 7 heteroatoms. The lowest BCUT2D eigenvalue weighted by Gasteiger charge is -2.38. The highest BCUT2D eigenvalue weighted by Crippen LogP contribution is 2.34. The Labute approximate surface area is 152 Å². The first-order valence-electron chi connectivity index (χ1n) is 8.72. The molecule has 1 aromatic rings. The maximum Gasteiger partial charge on any atom is 0.410 e. The van der Waals surface area contributed by atoms with Crippen LogP contribution in [0.4, 0.5) is 13.6 Å². The number of piperidine rings is 1. The molecule has 2 rings (SSSR count). The average Bonchev–Trinajstić information content (AvgIpc) is 2.55. The van der Waals surface area contributed by atoms with Crippen LogP contribution in [0.25, 0.3) is 0 Å². The van der Waals surface area contributed by atoms with Gasteiger partial charge >= 0.3 is 12.1 Å². The van der Waals surface area contributed by atoms with Gasteiger partial charge in [-0.3, -0.25) is 4.79 Å². The van der Waals surface area contributed by atoms with Gasteiger partial charge in [0.25, 0.3) is 0 Å². The van der Waals surface area contributed by atoms with Crippen molar-refractivity contribution >= 4 is 12.1 Å². The summed E-state index contributed by atoms with van der Waals surface area (Å²) in [4.78, 5) is 26.2. The largest absolute Gasteiger partial charge is 0.466 e. The van der Waals surface area contributed by atoms with Crippen LogP contribution in [0.3, 0.4) is 0 Å². The highest BCUT2D eigenvalue weighted by molar-refractivity contribution is 5.75. The van der Waals surface area contributed by atoms with E-state index >= 15 is 0 Å². The average molecular weight is 369 g/mol. The lowest BCUT2D eigenvalue weighted by molar-refractivity contribution is -0.150. The molecule has 1 aromatic carbocycles. The second-order valence-electron chi connectivity index (χ2n) is 7.35. The number of carbonyl (C=O) groups excluding carboxylic acids is 2. The molecule has 1 heterocycles. The smallest absolute Gasteiger partial charge is 0.410 e. The number of halogens is 2. The monoisotopic (exact) mass is 369 g/mol. The molecule has 1 aliphatic rings. The van der Waals surface area contributed by atoms with Gasteiger partial charge in [0.15, 0.2) is 11.6 Å². The molecule has 2 atom stereocenters. The highest BCUT2D eigenvalue weighted by atomic mass is 19.2. The second-order valence-corrected chi connectivity index (χ2v) is 7.35. The van der Waals surface area contributed by atoms with Crippen molar-refractivity contribution in [3.8, 4) is 0 Å². The molecular weight excluding hydrogens is 344 g/mol.